The highest BCUT2D eigenvalue weighted by Crippen LogP contribution is 2.39. The van der Waals surface area contributed by atoms with E-state index in [1.165, 1.54) is 54.4 Å². The summed E-state index contributed by atoms with van der Waals surface area (Å²) in [5, 5.41) is 3.68. The maximum Gasteiger partial charge on any atom is 0.227 e. The van der Waals surface area contributed by atoms with Crippen LogP contribution in [0.4, 0.5) is 5.82 Å². The second-order valence-corrected chi connectivity index (χ2v) is 11.6. The fraction of sp³-hybridized carbons (Fsp3) is 0.600. The summed E-state index contributed by atoms with van der Waals surface area (Å²) in [6.45, 7) is 9.21. The predicted molar refractivity (Wildman–Crippen MR) is 143 cm³/mol. The molecule has 0 spiro atoms. The minimum atomic E-state index is 0.0127. The molecule has 1 aliphatic carbocycles. The Morgan fingerprint density at radius 2 is 1.86 bits per heavy atom. The first-order valence-electron chi connectivity index (χ1n) is 13.7. The maximum atomic E-state index is 14.2. The van der Waals surface area contributed by atoms with Crippen LogP contribution in [0.5, 0.6) is 0 Å². The molecule has 188 valence electrons. The fourth-order valence-corrected chi connectivity index (χ4v) is 6.80. The number of pyridine rings is 1. The van der Waals surface area contributed by atoms with E-state index in [4.69, 9.17) is 4.98 Å². The van der Waals surface area contributed by atoms with Crippen molar-refractivity contribution >= 4 is 11.7 Å². The number of rotatable bonds is 4. The molecule has 1 aromatic carbocycles. The van der Waals surface area contributed by atoms with Gasteiger partial charge in [0.1, 0.15) is 5.82 Å². The van der Waals surface area contributed by atoms with E-state index in [1.807, 2.05) is 6.20 Å². The van der Waals surface area contributed by atoms with Gasteiger partial charge < -0.3 is 15.1 Å². The van der Waals surface area contributed by atoms with E-state index < -0.39 is 0 Å². The molecule has 5 heteroatoms. The standard InChI is InChI=1S/C30H42N4O/c1-20-9-8-10-23(13-20)27-19-33(4)17-21(2)29(27)30(35)34-18-25-15-28(31-16-24(25)14-22(34)3)32-26-11-6-5-7-12-26/h8-10,13,15-16,21-22,26-27,29H,5-7,11-12,14,17-19H2,1-4H3,(H,31,32)/t21?,22-,27?,29?/m0/s1. The number of hydrogen-bond acceptors (Lipinski definition) is 4. The van der Waals surface area contributed by atoms with Crippen molar-refractivity contribution in [3.8, 4) is 0 Å². The second-order valence-electron chi connectivity index (χ2n) is 11.6. The summed E-state index contributed by atoms with van der Waals surface area (Å²) in [7, 11) is 2.19. The van der Waals surface area contributed by atoms with E-state index in [9.17, 15) is 4.79 Å². The van der Waals surface area contributed by atoms with Gasteiger partial charge in [-0.2, -0.15) is 0 Å². The van der Waals surface area contributed by atoms with E-state index in [2.05, 4.69) is 73.3 Å². The Morgan fingerprint density at radius 3 is 2.63 bits per heavy atom. The Labute approximate surface area is 211 Å². The molecule has 0 bridgehead atoms. The lowest BCUT2D eigenvalue weighted by molar-refractivity contribution is -0.143. The molecule has 0 radical (unpaired) electrons. The third-order valence-electron chi connectivity index (χ3n) is 8.62. The first kappa shape index (κ1) is 24.3. The van der Waals surface area contributed by atoms with Gasteiger partial charge in [0.25, 0.3) is 0 Å². The van der Waals surface area contributed by atoms with Crippen molar-refractivity contribution in [1.29, 1.82) is 0 Å². The van der Waals surface area contributed by atoms with Crippen LogP contribution in [0.2, 0.25) is 0 Å². The van der Waals surface area contributed by atoms with Gasteiger partial charge in [0.15, 0.2) is 0 Å². The molecule has 4 atom stereocenters. The smallest absolute Gasteiger partial charge is 0.227 e. The number of fused-ring (bicyclic) bond motifs is 1. The van der Waals surface area contributed by atoms with Crippen LogP contribution >= 0.6 is 0 Å². The van der Waals surface area contributed by atoms with Crippen molar-refractivity contribution in [2.45, 2.75) is 83.8 Å². The summed E-state index contributed by atoms with van der Waals surface area (Å²) < 4.78 is 0. The zero-order valence-electron chi connectivity index (χ0n) is 22.0. The van der Waals surface area contributed by atoms with Crippen molar-refractivity contribution in [3.63, 3.8) is 0 Å². The number of nitrogens with one attached hydrogen (secondary N) is 1. The molecule has 1 N–H and O–H groups in total. The van der Waals surface area contributed by atoms with Crippen LogP contribution in [-0.2, 0) is 17.8 Å². The molecule has 1 aromatic heterocycles. The molecular weight excluding hydrogens is 432 g/mol. The van der Waals surface area contributed by atoms with Gasteiger partial charge in [-0.25, -0.2) is 4.98 Å². The van der Waals surface area contributed by atoms with Crippen molar-refractivity contribution in [2.75, 3.05) is 25.5 Å². The largest absolute Gasteiger partial charge is 0.367 e. The number of likely N-dealkylation sites (tertiary alicyclic amines) is 1. The van der Waals surface area contributed by atoms with Gasteiger partial charge in [0, 0.05) is 49.8 Å². The minimum absolute atomic E-state index is 0.0127. The van der Waals surface area contributed by atoms with Crippen LogP contribution in [0.25, 0.3) is 0 Å². The predicted octanol–water partition coefficient (Wildman–Crippen LogP) is 5.39. The van der Waals surface area contributed by atoms with Crippen LogP contribution in [0.1, 0.15) is 74.1 Å². The number of piperidine rings is 1. The lowest BCUT2D eigenvalue weighted by atomic mass is 9.73. The average molecular weight is 475 g/mol. The number of carbonyl (C=O) groups is 1. The quantitative estimate of drug-likeness (QED) is 0.646. The summed E-state index contributed by atoms with van der Waals surface area (Å²) in [6.07, 6.45) is 9.35. The van der Waals surface area contributed by atoms with E-state index in [-0.39, 0.29) is 17.9 Å². The fourth-order valence-electron chi connectivity index (χ4n) is 6.80. The molecule has 1 saturated heterocycles. The molecule has 5 nitrogen and oxygen atoms in total. The topological polar surface area (TPSA) is 48.5 Å². The number of carbonyl (C=O) groups excluding carboxylic acids is 1. The molecule has 35 heavy (non-hydrogen) atoms. The summed E-state index contributed by atoms with van der Waals surface area (Å²) in [4.78, 5) is 23.5. The lowest BCUT2D eigenvalue weighted by Crippen LogP contribution is -2.52. The first-order chi connectivity index (χ1) is 16.9. The van der Waals surface area contributed by atoms with Crippen LogP contribution in [-0.4, -0.2) is 52.9 Å². The van der Waals surface area contributed by atoms with Crippen LogP contribution < -0.4 is 5.32 Å². The van der Waals surface area contributed by atoms with Gasteiger partial charge in [0.05, 0.1) is 0 Å². The monoisotopic (exact) mass is 474 g/mol. The molecule has 1 saturated carbocycles. The molecule has 3 unspecified atom stereocenters. The van der Waals surface area contributed by atoms with E-state index in [0.29, 0.717) is 24.4 Å². The highest BCUT2D eigenvalue weighted by atomic mass is 16.2. The molecule has 2 fully saturated rings. The van der Waals surface area contributed by atoms with Gasteiger partial charge in [-0.15, -0.1) is 0 Å². The highest BCUT2D eigenvalue weighted by Gasteiger charge is 2.42. The number of aromatic nitrogens is 1. The zero-order chi connectivity index (χ0) is 24.5. The Hall–Kier alpha value is -2.40. The van der Waals surface area contributed by atoms with Gasteiger partial charge in [-0.3, -0.25) is 4.79 Å². The van der Waals surface area contributed by atoms with Crippen molar-refractivity contribution in [2.24, 2.45) is 11.8 Å². The number of amides is 1. The van der Waals surface area contributed by atoms with Crippen molar-refractivity contribution in [1.82, 2.24) is 14.8 Å². The summed E-state index contributed by atoms with van der Waals surface area (Å²) in [5.74, 6) is 1.86. The molecule has 2 aromatic rings. The normalized spacial score (nSPS) is 27.9. The Kier molecular flexibility index (Phi) is 7.15. The number of nitrogens with zero attached hydrogens (tertiary/aromatic N) is 3. The number of benzene rings is 1. The molecule has 1 amide bonds. The number of aryl methyl sites for hydroxylation is 1. The van der Waals surface area contributed by atoms with Crippen molar-refractivity contribution < 1.29 is 4.79 Å². The molecule has 3 aliphatic rings. The van der Waals surface area contributed by atoms with Crippen LogP contribution in [0.15, 0.2) is 36.5 Å². The van der Waals surface area contributed by atoms with Gasteiger partial charge in [0.2, 0.25) is 5.91 Å². The maximum absolute atomic E-state index is 14.2. The van der Waals surface area contributed by atoms with Gasteiger partial charge >= 0.3 is 0 Å². The summed E-state index contributed by atoms with van der Waals surface area (Å²) in [5.41, 5.74) is 5.12. The summed E-state index contributed by atoms with van der Waals surface area (Å²) >= 11 is 0. The summed E-state index contributed by atoms with van der Waals surface area (Å²) in [6, 6.07) is 11.7. The Morgan fingerprint density at radius 1 is 1.06 bits per heavy atom. The zero-order valence-corrected chi connectivity index (χ0v) is 22.0. The van der Waals surface area contributed by atoms with Gasteiger partial charge in [-0.05, 0) is 68.8 Å². The van der Waals surface area contributed by atoms with Gasteiger partial charge in [-0.1, -0.05) is 56.0 Å². The SMILES string of the molecule is Cc1cccc(C2CN(C)CC(C)C2C(=O)N2Cc3cc(NC4CCCCC4)ncc3C[C@@H]2C)c1. The number of anilines is 1. The second kappa shape index (κ2) is 10.3. The first-order valence-corrected chi connectivity index (χ1v) is 13.7. The number of likely N-dealkylation sites (N-methyl/N-ethyl adjacent to an activating group) is 1. The third-order valence-corrected chi connectivity index (χ3v) is 8.62. The number of hydrogen-bond donors (Lipinski definition) is 1. The molecule has 5 rings (SSSR count). The molecule has 2 aliphatic heterocycles. The molecule has 3 heterocycles. The van der Waals surface area contributed by atoms with E-state index in [1.54, 1.807) is 0 Å². The highest BCUT2D eigenvalue weighted by molar-refractivity contribution is 5.81. The van der Waals surface area contributed by atoms with Crippen LogP contribution in [0, 0.1) is 18.8 Å². The van der Waals surface area contributed by atoms with Crippen molar-refractivity contribution in [3.05, 3.63) is 58.8 Å². The minimum Gasteiger partial charge on any atom is -0.367 e. The Balaban J connectivity index is 1.38. The van der Waals surface area contributed by atoms with E-state index in [0.717, 1.165) is 25.3 Å². The van der Waals surface area contributed by atoms with Crippen LogP contribution in [0.3, 0.4) is 0 Å². The third kappa shape index (κ3) is 5.25. The lowest BCUT2D eigenvalue weighted by Gasteiger charge is -2.45. The Bertz CT molecular complexity index is 1050. The molecular formula is C30H42N4O. The average Bonchev–Trinajstić information content (AvgIpc) is 2.83. The van der Waals surface area contributed by atoms with E-state index >= 15 is 0 Å².